The van der Waals surface area contributed by atoms with E-state index in [0.717, 1.165) is 24.5 Å². The number of hydrogen-bond acceptors (Lipinski definition) is 3. The van der Waals surface area contributed by atoms with Gasteiger partial charge in [0.15, 0.2) is 0 Å². The molecule has 1 heterocycles. The molecular formula is C16H25N3OS. The molecule has 4 nitrogen and oxygen atoms in total. The van der Waals surface area contributed by atoms with Crippen molar-refractivity contribution in [2.75, 3.05) is 25.1 Å². The molecule has 116 valence electrons. The lowest BCUT2D eigenvalue weighted by Crippen LogP contribution is -2.46. The molecule has 1 aromatic rings. The smallest absolute Gasteiger partial charge is 0.315 e. The molecule has 0 unspecified atom stereocenters. The van der Waals surface area contributed by atoms with Crippen LogP contribution in [0.1, 0.15) is 18.9 Å². The van der Waals surface area contributed by atoms with Gasteiger partial charge < -0.3 is 10.6 Å². The first-order chi connectivity index (χ1) is 10.1. The predicted octanol–water partition coefficient (Wildman–Crippen LogP) is 2.31. The summed E-state index contributed by atoms with van der Waals surface area (Å²) in [7, 11) is 2.09. The van der Waals surface area contributed by atoms with Gasteiger partial charge in [0.25, 0.3) is 0 Å². The third-order valence-electron chi connectivity index (χ3n) is 3.85. The lowest BCUT2D eigenvalue weighted by atomic mass is 10.2. The highest BCUT2D eigenvalue weighted by molar-refractivity contribution is 7.99. The van der Waals surface area contributed by atoms with E-state index < -0.39 is 0 Å². The number of amides is 2. The molecule has 2 rings (SSSR count). The number of nitrogens with zero attached hydrogens (tertiary/aromatic N) is 1. The highest BCUT2D eigenvalue weighted by Crippen LogP contribution is 2.16. The molecule has 21 heavy (non-hydrogen) atoms. The summed E-state index contributed by atoms with van der Waals surface area (Å²) in [5.41, 5.74) is 1.29. The lowest BCUT2D eigenvalue weighted by Gasteiger charge is -2.25. The molecule has 2 atom stereocenters. The van der Waals surface area contributed by atoms with Gasteiger partial charge in [0.2, 0.25) is 0 Å². The zero-order valence-corrected chi connectivity index (χ0v) is 13.7. The number of thioether (sulfide) groups is 1. The monoisotopic (exact) mass is 307 g/mol. The van der Waals surface area contributed by atoms with Crippen LogP contribution in [0.2, 0.25) is 0 Å². The molecule has 1 saturated heterocycles. The van der Waals surface area contributed by atoms with Crippen LogP contribution in [0.15, 0.2) is 30.3 Å². The number of nitrogens with one attached hydrogen (secondary N) is 2. The Morgan fingerprint density at radius 1 is 1.43 bits per heavy atom. The van der Waals surface area contributed by atoms with Crippen molar-refractivity contribution in [2.45, 2.75) is 32.0 Å². The minimum absolute atomic E-state index is 0.0394. The predicted molar refractivity (Wildman–Crippen MR) is 89.6 cm³/mol. The van der Waals surface area contributed by atoms with Gasteiger partial charge in [0.1, 0.15) is 0 Å². The number of carbonyl (C=O) groups is 1. The number of likely N-dealkylation sites (N-methyl/N-ethyl adjacent to an activating group) is 1. The van der Waals surface area contributed by atoms with E-state index in [1.165, 1.54) is 5.56 Å². The van der Waals surface area contributed by atoms with Crippen LogP contribution in [0.25, 0.3) is 0 Å². The molecule has 0 aromatic heterocycles. The molecule has 1 aliphatic rings. The number of benzene rings is 1. The van der Waals surface area contributed by atoms with Crippen LogP contribution >= 0.6 is 11.8 Å². The van der Waals surface area contributed by atoms with Gasteiger partial charge in [-0.25, -0.2) is 4.79 Å². The number of carbonyl (C=O) groups excluding carboxylic acids is 1. The Labute approximate surface area is 131 Å². The quantitative estimate of drug-likeness (QED) is 0.848. The molecule has 1 aliphatic heterocycles. The van der Waals surface area contributed by atoms with Crippen LogP contribution in [0.4, 0.5) is 4.79 Å². The van der Waals surface area contributed by atoms with Gasteiger partial charge in [0.05, 0.1) is 0 Å². The van der Waals surface area contributed by atoms with E-state index in [-0.39, 0.29) is 6.03 Å². The zero-order valence-electron chi connectivity index (χ0n) is 12.8. The number of rotatable bonds is 6. The van der Waals surface area contributed by atoms with Gasteiger partial charge in [-0.15, -0.1) is 0 Å². The van der Waals surface area contributed by atoms with Crippen molar-refractivity contribution in [3.63, 3.8) is 0 Å². The first-order valence-electron chi connectivity index (χ1n) is 7.51. The molecule has 0 aliphatic carbocycles. The highest BCUT2D eigenvalue weighted by atomic mass is 32.2. The molecule has 1 fully saturated rings. The average Bonchev–Trinajstić information content (AvgIpc) is 2.98. The Balaban J connectivity index is 1.68. The molecule has 2 amide bonds. The number of hydrogen-bond donors (Lipinski definition) is 2. The average molecular weight is 307 g/mol. The van der Waals surface area contributed by atoms with Crippen LogP contribution in [0.5, 0.6) is 0 Å². The van der Waals surface area contributed by atoms with Crippen LogP contribution < -0.4 is 10.6 Å². The lowest BCUT2D eigenvalue weighted by molar-refractivity contribution is 0.221. The van der Waals surface area contributed by atoms with Gasteiger partial charge in [-0.05, 0) is 31.7 Å². The molecule has 5 heteroatoms. The number of urea groups is 1. The minimum atomic E-state index is -0.0394. The zero-order chi connectivity index (χ0) is 15.1. The van der Waals surface area contributed by atoms with E-state index in [0.29, 0.717) is 18.6 Å². The van der Waals surface area contributed by atoms with E-state index in [1.807, 2.05) is 17.8 Å². The maximum absolute atomic E-state index is 11.8. The van der Waals surface area contributed by atoms with Crippen molar-refractivity contribution >= 4 is 17.8 Å². The molecule has 1 aromatic carbocycles. The van der Waals surface area contributed by atoms with Crippen molar-refractivity contribution in [2.24, 2.45) is 0 Å². The first-order valence-corrected chi connectivity index (χ1v) is 8.67. The fourth-order valence-corrected chi connectivity index (χ4v) is 3.46. The molecule has 0 saturated carbocycles. The Bertz CT molecular complexity index is 434. The van der Waals surface area contributed by atoms with Crippen molar-refractivity contribution < 1.29 is 4.79 Å². The van der Waals surface area contributed by atoms with E-state index in [4.69, 9.17) is 0 Å². The SMILES string of the molecule is C[C@H](CNC(=O)N[C@H]1CCSC1)N(C)Cc1ccccc1. The van der Waals surface area contributed by atoms with Crippen LogP contribution in [0, 0.1) is 0 Å². The molecule has 0 radical (unpaired) electrons. The maximum Gasteiger partial charge on any atom is 0.315 e. The second-order valence-corrected chi connectivity index (χ2v) is 6.81. The van der Waals surface area contributed by atoms with Crippen LogP contribution in [-0.2, 0) is 6.54 Å². The summed E-state index contributed by atoms with van der Waals surface area (Å²) in [6.45, 7) is 3.69. The summed E-state index contributed by atoms with van der Waals surface area (Å²) in [5, 5.41) is 6.01. The highest BCUT2D eigenvalue weighted by Gasteiger charge is 2.18. The standard InChI is InChI=1S/C16H25N3OS/c1-13(19(2)11-14-6-4-3-5-7-14)10-17-16(20)18-15-8-9-21-12-15/h3-7,13,15H,8-12H2,1-2H3,(H2,17,18,20)/t13-,15+/m1/s1. The van der Waals surface area contributed by atoms with E-state index >= 15 is 0 Å². The van der Waals surface area contributed by atoms with Gasteiger partial charge in [-0.3, -0.25) is 4.90 Å². The van der Waals surface area contributed by atoms with Crippen molar-refractivity contribution in [1.82, 2.24) is 15.5 Å². The van der Waals surface area contributed by atoms with E-state index in [1.54, 1.807) is 0 Å². The van der Waals surface area contributed by atoms with Crippen molar-refractivity contribution in [1.29, 1.82) is 0 Å². The van der Waals surface area contributed by atoms with E-state index in [9.17, 15) is 4.79 Å². The maximum atomic E-state index is 11.8. The second-order valence-electron chi connectivity index (χ2n) is 5.66. The fourth-order valence-electron chi connectivity index (χ4n) is 2.31. The Hall–Kier alpha value is -1.20. The summed E-state index contributed by atoms with van der Waals surface area (Å²) >= 11 is 1.90. The second kappa shape index (κ2) is 8.29. The van der Waals surface area contributed by atoms with Gasteiger partial charge in [-0.1, -0.05) is 30.3 Å². The third kappa shape index (κ3) is 5.59. The summed E-state index contributed by atoms with van der Waals surface area (Å²) in [6.07, 6.45) is 1.08. The Kier molecular flexibility index (Phi) is 6.39. The topological polar surface area (TPSA) is 44.4 Å². The summed E-state index contributed by atoms with van der Waals surface area (Å²) in [6, 6.07) is 11.0. The largest absolute Gasteiger partial charge is 0.337 e. The molecule has 2 N–H and O–H groups in total. The minimum Gasteiger partial charge on any atom is -0.337 e. The van der Waals surface area contributed by atoms with Gasteiger partial charge in [-0.2, -0.15) is 11.8 Å². The molecule has 0 spiro atoms. The Morgan fingerprint density at radius 3 is 2.86 bits per heavy atom. The van der Waals surface area contributed by atoms with Crippen LogP contribution in [-0.4, -0.2) is 48.1 Å². The van der Waals surface area contributed by atoms with Crippen molar-refractivity contribution in [3.8, 4) is 0 Å². The fraction of sp³-hybridized carbons (Fsp3) is 0.562. The van der Waals surface area contributed by atoms with Gasteiger partial charge in [0, 0.05) is 30.9 Å². The summed E-state index contributed by atoms with van der Waals surface area (Å²) in [5.74, 6) is 2.19. The molecule has 0 bridgehead atoms. The normalized spacial score (nSPS) is 19.5. The Morgan fingerprint density at radius 2 is 2.19 bits per heavy atom. The van der Waals surface area contributed by atoms with E-state index in [2.05, 4.69) is 53.8 Å². The van der Waals surface area contributed by atoms with Crippen LogP contribution in [0.3, 0.4) is 0 Å². The first kappa shape index (κ1) is 16.2. The van der Waals surface area contributed by atoms with Gasteiger partial charge >= 0.3 is 6.03 Å². The third-order valence-corrected chi connectivity index (χ3v) is 5.01. The van der Waals surface area contributed by atoms with Crippen molar-refractivity contribution in [3.05, 3.63) is 35.9 Å². The summed E-state index contributed by atoms with van der Waals surface area (Å²) < 4.78 is 0. The summed E-state index contributed by atoms with van der Waals surface area (Å²) in [4.78, 5) is 14.1. The molecular weight excluding hydrogens is 282 g/mol.